The molecule has 0 spiro atoms. The maximum absolute atomic E-state index is 6.17. The Hall–Kier alpha value is -1.06. The van der Waals surface area contributed by atoms with Crippen molar-refractivity contribution in [1.82, 2.24) is 4.90 Å². The van der Waals surface area contributed by atoms with Crippen molar-refractivity contribution in [3.05, 3.63) is 29.8 Å². The van der Waals surface area contributed by atoms with Crippen LogP contribution in [0.5, 0.6) is 5.75 Å². The summed E-state index contributed by atoms with van der Waals surface area (Å²) in [6.07, 6.45) is 1.07. The molecule has 1 unspecified atom stereocenters. The van der Waals surface area contributed by atoms with E-state index in [1.807, 2.05) is 12.1 Å². The van der Waals surface area contributed by atoms with Gasteiger partial charge in [-0.1, -0.05) is 32.0 Å². The minimum absolute atomic E-state index is 0.195. The van der Waals surface area contributed by atoms with Crippen molar-refractivity contribution in [2.75, 3.05) is 20.2 Å². The molecule has 0 saturated carbocycles. The Labute approximate surface area is 110 Å². The zero-order valence-corrected chi connectivity index (χ0v) is 11.6. The molecule has 0 aromatic heterocycles. The molecule has 1 atom stereocenters. The second-order valence-electron chi connectivity index (χ2n) is 5.91. The summed E-state index contributed by atoms with van der Waals surface area (Å²) >= 11 is 0. The van der Waals surface area contributed by atoms with Crippen molar-refractivity contribution < 1.29 is 4.74 Å². The first-order valence-corrected chi connectivity index (χ1v) is 6.63. The number of piperidine rings is 1. The van der Waals surface area contributed by atoms with E-state index < -0.39 is 0 Å². The van der Waals surface area contributed by atoms with E-state index in [2.05, 4.69) is 30.9 Å². The number of hydrogen-bond donors (Lipinski definition) is 1. The lowest BCUT2D eigenvalue weighted by molar-refractivity contribution is 0.0892. The van der Waals surface area contributed by atoms with Crippen LogP contribution in [0.4, 0.5) is 0 Å². The number of nitrogens with two attached hydrogens (primary N) is 1. The van der Waals surface area contributed by atoms with Gasteiger partial charge in [0.25, 0.3) is 0 Å². The predicted octanol–water partition coefficient (Wildman–Crippen LogP) is 2.25. The maximum Gasteiger partial charge on any atom is 0.123 e. The molecule has 1 aliphatic rings. The molecule has 2 rings (SSSR count). The highest BCUT2D eigenvalue weighted by molar-refractivity contribution is 5.33. The van der Waals surface area contributed by atoms with E-state index in [1.54, 1.807) is 7.11 Å². The second kappa shape index (κ2) is 5.29. The Bertz CT molecular complexity index is 403. The lowest BCUT2D eigenvalue weighted by Gasteiger charge is -2.42. The van der Waals surface area contributed by atoms with Crippen LogP contribution >= 0.6 is 0 Å². The average Bonchev–Trinajstić information content (AvgIpc) is 2.34. The molecule has 1 heterocycles. The molecular weight excluding hydrogens is 224 g/mol. The standard InChI is InChI=1S/C15H24N2O/c1-15(2)11-17(9-8-14(15)16)10-12-6-4-5-7-13(12)18-3/h4-7,14H,8-11,16H2,1-3H3. The summed E-state index contributed by atoms with van der Waals surface area (Å²) in [5.41, 5.74) is 7.62. The Morgan fingerprint density at radius 1 is 1.39 bits per heavy atom. The van der Waals surface area contributed by atoms with Gasteiger partial charge in [-0.2, -0.15) is 0 Å². The van der Waals surface area contributed by atoms with Gasteiger partial charge in [0.2, 0.25) is 0 Å². The monoisotopic (exact) mass is 248 g/mol. The van der Waals surface area contributed by atoms with Crippen LogP contribution in [0.2, 0.25) is 0 Å². The number of rotatable bonds is 3. The normalized spacial score (nSPS) is 23.9. The van der Waals surface area contributed by atoms with Crippen LogP contribution < -0.4 is 10.5 Å². The fourth-order valence-electron chi connectivity index (χ4n) is 2.69. The van der Waals surface area contributed by atoms with E-state index in [9.17, 15) is 0 Å². The SMILES string of the molecule is COc1ccccc1CN1CCC(N)C(C)(C)C1. The first kappa shape index (κ1) is 13.4. The van der Waals surface area contributed by atoms with Crippen molar-refractivity contribution in [1.29, 1.82) is 0 Å². The molecule has 1 aromatic rings. The number of hydrogen-bond acceptors (Lipinski definition) is 3. The molecule has 100 valence electrons. The first-order chi connectivity index (χ1) is 8.53. The number of likely N-dealkylation sites (tertiary alicyclic amines) is 1. The molecule has 0 bridgehead atoms. The van der Waals surface area contributed by atoms with Gasteiger partial charge in [-0.05, 0) is 17.9 Å². The van der Waals surface area contributed by atoms with Gasteiger partial charge in [0.1, 0.15) is 5.75 Å². The summed E-state index contributed by atoms with van der Waals surface area (Å²) in [7, 11) is 1.73. The van der Waals surface area contributed by atoms with Crippen LogP contribution in [0.3, 0.4) is 0 Å². The third-order valence-corrected chi connectivity index (χ3v) is 3.98. The van der Waals surface area contributed by atoms with Gasteiger partial charge in [-0.25, -0.2) is 0 Å². The number of methoxy groups -OCH3 is 1. The summed E-state index contributed by atoms with van der Waals surface area (Å²) in [6, 6.07) is 8.56. The second-order valence-corrected chi connectivity index (χ2v) is 5.91. The van der Waals surface area contributed by atoms with Crippen LogP contribution in [0.25, 0.3) is 0 Å². The smallest absolute Gasteiger partial charge is 0.123 e. The Morgan fingerprint density at radius 3 is 2.78 bits per heavy atom. The first-order valence-electron chi connectivity index (χ1n) is 6.63. The molecule has 1 aromatic carbocycles. The fraction of sp³-hybridized carbons (Fsp3) is 0.600. The van der Waals surface area contributed by atoms with Crippen LogP contribution in [0.1, 0.15) is 25.8 Å². The average molecular weight is 248 g/mol. The van der Waals surface area contributed by atoms with Crippen molar-refractivity contribution in [2.24, 2.45) is 11.1 Å². The molecule has 1 aliphatic heterocycles. The summed E-state index contributed by atoms with van der Waals surface area (Å²) in [6.45, 7) is 7.58. The Morgan fingerprint density at radius 2 is 2.11 bits per heavy atom. The van der Waals surface area contributed by atoms with Gasteiger partial charge in [0, 0.05) is 31.2 Å². The van der Waals surface area contributed by atoms with E-state index in [0.717, 1.165) is 31.8 Å². The van der Waals surface area contributed by atoms with Crippen LogP contribution in [-0.4, -0.2) is 31.1 Å². The van der Waals surface area contributed by atoms with Gasteiger partial charge in [0.15, 0.2) is 0 Å². The minimum atomic E-state index is 0.195. The van der Waals surface area contributed by atoms with E-state index in [1.165, 1.54) is 5.56 Å². The summed E-state index contributed by atoms with van der Waals surface area (Å²) < 4.78 is 5.41. The number of ether oxygens (including phenoxy) is 1. The number of para-hydroxylation sites is 1. The van der Waals surface area contributed by atoms with Crippen LogP contribution in [0.15, 0.2) is 24.3 Å². The highest BCUT2D eigenvalue weighted by atomic mass is 16.5. The van der Waals surface area contributed by atoms with Gasteiger partial charge < -0.3 is 10.5 Å². The van der Waals surface area contributed by atoms with Gasteiger partial charge in [-0.15, -0.1) is 0 Å². The molecule has 2 N–H and O–H groups in total. The maximum atomic E-state index is 6.17. The van der Waals surface area contributed by atoms with E-state index in [0.29, 0.717) is 6.04 Å². The van der Waals surface area contributed by atoms with Crippen molar-refractivity contribution in [3.63, 3.8) is 0 Å². The third kappa shape index (κ3) is 2.85. The molecule has 0 amide bonds. The van der Waals surface area contributed by atoms with Crippen LogP contribution in [-0.2, 0) is 6.54 Å². The fourth-order valence-corrected chi connectivity index (χ4v) is 2.69. The summed E-state index contributed by atoms with van der Waals surface area (Å²) in [5, 5.41) is 0. The van der Waals surface area contributed by atoms with Crippen molar-refractivity contribution in [3.8, 4) is 5.75 Å². The molecule has 3 heteroatoms. The van der Waals surface area contributed by atoms with Crippen molar-refractivity contribution in [2.45, 2.75) is 32.9 Å². The predicted molar refractivity (Wildman–Crippen MR) is 74.6 cm³/mol. The minimum Gasteiger partial charge on any atom is -0.496 e. The third-order valence-electron chi connectivity index (χ3n) is 3.98. The molecule has 1 saturated heterocycles. The molecule has 3 nitrogen and oxygen atoms in total. The lowest BCUT2D eigenvalue weighted by Crippen LogP contribution is -2.52. The number of benzene rings is 1. The molecule has 0 radical (unpaired) electrons. The summed E-state index contributed by atoms with van der Waals surface area (Å²) in [4.78, 5) is 2.47. The molecular formula is C15H24N2O. The highest BCUT2D eigenvalue weighted by Gasteiger charge is 2.33. The van der Waals surface area contributed by atoms with E-state index in [-0.39, 0.29) is 5.41 Å². The zero-order valence-electron chi connectivity index (χ0n) is 11.6. The van der Waals surface area contributed by atoms with Gasteiger partial charge >= 0.3 is 0 Å². The lowest BCUT2D eigenvalue weighted by atomic mass is 9.79. The molecule has 18 heavy (non-hydrogen) atoms. The highest BCUT2D eigenvalue weighted by Crippen LogP contribution is 2.29. The molecule has 0 aliphatic carbocycles. The summed E-state index contributed by atoms with van der Waals surface area (Å²) in [5.74, 6) is 0.977. The zero-order chi connectivity index (χ0) is 13.2. The van der Waals surface area contributed by atoms with Crippen molar-refractivity contribution >= 4 is 0 Å². The van der Waals surface area contributed by atoms with Gasteiger partial charge in [-0.3, -0.25) is 4.90 Å². The van der Waals surface area contributed by atoms with Gasteiger partial charge in [0.05, 0.1) is 7.11 Å². The van der Waals surface area contributed by atoms with Crippen LogP contribution in [0, 0.1) is 5.41 Å². The quantitative estimate of drug-likeness (QED) is 0.891. The topological polar surface area (TPSA) is 38.5 Å². The van der Waals surface area contributed by atoms with E-state index >= 15 is 0 Å². The number of nitrogens with zero attached hydrogens (tertiary/aromatic N) is 1. The largest absolute Gasteiger partial charge is 0.496 e. The van der Waals surface area contributed by atoms with E-state index in [4.69, 9.17) is 10.5 Å². The molecule has 1 fully saturated rings. The Balaban J connectivity index is 2.06. The Kier molecular flexibility index (Phi) is 3.93.